The predicted octanol–water partition coefficient (Wildman–Crippen LogP) is 4.86. The number of thioether (sulfide) groups is 1. The fourth-order valence-corrected chi connectivity index (χ4v) is 3.96. The average Bonchev–Trinajstić information content (AvgIpc) is 2.92. The lowest BCUT2D eigenvalue weighted by atomic mass is 10.0. The standard InChI is InChI=1S/C22H23NO3S/c1-5-27-20-19(17-8-6-7-9-18(17)26-4)21(24)23(22(20)25)16-12-10-15(11-13-16)14(2)3/h6-14H,5H2,1-4H3. The number of carbonyl (C=O) groups is 2. The summed E-state index contributed by atoms with van der Waals surface area (Å²) < 4.78 is 5.43. The van der Waals surface area contributed by atoms with Gasteiger partial charge in [0.25, 0.3) is 11.8 Å². The lowest BCUT2D eigenvalue weighted by Gasteiger charge is -2.16. The molecule has 2 aromatic carbocycles. The lowest BCUT2D eigenvalue weighted by Crippen LogP contribution is -2.31. The Kier molecular flexibility index (Phi) is 5.71. The van der Waals surface area contributed by atoms with Gasteiger partial charge in [-0.15, -0.1) is 11.8 Å². The first-order valence-electron chi connectivity index (χ1n) is 8.98. The minimum absolute atomic E-state index is 0.273. The summed E-state index contributed by atoms with van der Waals surface area (Å²) in [7, 11) is 1.57. The van der Waals surface area contributed by atoms with E-state index in [0.717, 1.165) is 0 Å². The van der Waals surface area contributed by atoms with E-state index in [-0.39, 0.29) is 11.8 Å². The second-order valence-corrected chi connectivity index (χ2v) is 7.80. The number of para-hydroxylation sites is 1. The molecule has 0 saturated carbocycles. The Labute approximate surface area is 164 Å². The number of hydrogen-bond acceptors (Lipinski definition) is 4. The Hall–Kier alpha value is -2.53. The van der Waals surface area contributed by atoms with Crippen molar-refractivity contribution in [2.75, 3.05) is 17.8 Å². The van der Waals surface area contributed by atoms with E-state index in [9.17, 15) is 9.59 Å². The molecule has 5 heteroatoms. The van der Waals surface area contributed by atoms with Crippen LogP contribution in [-0.2, 0) is 9.59 Å². The predicted molar refractivity (Wildman–Crippen MR) is 111 cm³/mol. The molecule has 1 aliphatic heterocycles. The lowest BCUT2D eigenvalue weighted by molar-refractivity contribution is -0.119. The number of rotatable bonds is 6. The first kappa shape index (κ1) is 19.2. The molecule has 4 nitrogen and oxygen atoms in total. The number of carbonyl (C=O) groups excluding carboxylic acids is 2. The molecule has 0 aliphatic carbocycles. The topological polar surface area (TPSA) is 46.6 Å². The van der Waals surface area contributed by atoms with Crippen LogP contribution >= 0.6 is 11.8 Å². The fraction of sp³-hybridized carbons (Fsp3) is 0.273. The van der Waals surface area contributed by atoms with Crippen molar-refractivity contribution in [2.24, 2.45) is 0 Å². The highest BCUT2D eigenvalue weighted by molar-refractivity contribution is 8.04. The van der Waals surface area contributed by atoms with E-state index in [0.29, 0.717) is 39.1 Å². The van der Waals surface area contributed by atoms with Gasteiger partial charge in [0.15, 0.2) is 0 Å². The van der Waals surface area contributed by atoms with Gasteiger partial charge >= 0.3 is 0 Å². The molecular weight excluding hydrogens is 358 g/mol. The van der Waals surface area contributed by atoms with E-state index in [4.69, 9.17) is 4.74 Å². The smallest absolute Gasteiger partial charge is 0.272 e. The Morgan fingerprint density at radius 1 is 1.00 bits per heavy atom. The van der Waals surface area contributed by atoms with Gasteiger partial charge in [-0.2, -0.15) is 0 Å². The third kappa shape index (κ3) is 3.52. The highest BCUT2D eigenvalue weighted by Crippen LogP contribution is 2.41. The van der Waals surface area contributed by atoms with Crippen LogP contribution in [0.4, 0.5) is 5.69 Å². The Morgan fingerprint density at radius 2 is 1.67 bits per heavy atom. The molecule has 0 atom stereocenters. The molecule has 0 N–H and O–H groups in total. The third-order valence-corrected chi connectivity index (χ3v) is 5.48. The SMILES string of the molecule is CCSC1=C(c2ccccc2OC)C(=O)N(c2ccc(C(C)C)cc2)C1=O. The summed E-state index contributed by atoms with van der Waals surface area (Å²) in [5, 5.41) is 0. The Morgan fingerprint density at radius 3 is 2.26 bits per heavy atom. The van der Waals surface area contributed by atoms with Crippen molar-refractivity contribution in [2.45, 2.75) is 26.7 Å². The second kappa shape index (κ2) is 8.01. The van der Waals surface area contributed by atoms with Gasteiger partial charge in [-0.1, -0.05) is 51.1 Å². The maximum atomic E-state index is 13.3. The normalized spacial score (nSPS) is 14.5. The summed E-state index contributed by atoms with van der Waals surface area (Å²) in [4.78, 5) is 28.1. The number of imide groups is 1. The van der Waals surface area contributed by atoms with E-state index in [1.54, 1.807) is 13.2 Å². The number of benzene rings is 2. The summed E-state index contributed by atoms with van der Waals surface area (Å²) in [6, 6.07) is 14.9. The van der Waals surface area contributed by atoms with Crippen LogP contribution < -0.4 is 9.64 Å². The van der Waals surface area contributed by atoms with E-state index in [1.165, 1.54) is 22.2 Å². The van der Waals surface area contributed by atoms with Crippen molar-refractivity contribution in [1.82, 2.24) is 0 Å². The number of methoxy groups -OCH3 is 1. The monoisotopic (exact) mass is 381 g/mol. The van der Waals surface area contributed by atoms with Crippen LogP contribution in [0, 0.1) is 0 Å². The number of hydrogen-bond donors (Lipinski definition) is 0. The van der Waals surface area contributed by atoms with E-state index >= 15 is 0 Å². The second-order valence-electron chi connectivity index (χ2n) is 6.53. The van der Waals surface area contributed by atoms with Gasteiger partial charge in [-0.3, -0.25) is 9.59 Å². The molecule has 27 heavy (non-hydrogen) atoms. The van der Waals surface area contributed by atoms with Crippen LogP contribution in [0.5, 0.6) is 5.75 Å². The zero-order valence-corrected chi connectivity index (χ0v) is 16.8. The minimum Gasteiger partial charge on any atom is -0.496 e. The molecule has 3 rings (SSSR count). The molecule has 2 amide bonds. The maximum Gasteiger partial charge on any atom is 0.272 e. The third-order valence-electron chi connectivity index (χ3n) is 4.52. The van der Waals surface area contributed by atoms with Crippen LogP contribution in [0.3, 0.4) is 0 Å². The molecule has 0 saturated heterocycles. The van der Waals surface area contributed by atoms with E-state index in [2.05, 4.69) is 13.8 Å². The van der Waals surface area contributed by atoms with Gasteiger partial charge in [0.05, 0.1) is 23.3 Å². The van der Waals surface area contributed by atoms with Crippen molar-refractivity contribution in [3.05, 3.63) is 64.6 Å². The minimum atomic E-state index is -0.308. The summed E-state index contributed by atoms with van der Waals surface area (Å²) in [5.41, 5.74) is 2.82. The first-order chi connectivity index (χ1) is 13.0. The zero-order chi connectivity index (χ0) is 19.6. The quantitative estimate of drug-likeness (QED) is 0.671. The zero-order valence-electron chi connectivity index (χ0n) is 16.0. The van der Waals surface area contributed by atoms with Crippen LogP contribution in [0.25, 0.3) is 5.57 Å². The molecule has 0 unspecified atom stereocenters. The number of amides is 2. The van der Waals surface area contributed by atoms with Gasteiger partial charge in [0.2, 0.25) is 0 Å². The largest absolute Gasteiger partial charge is 0.496 e. The summed E-state index contributed by atoms with van der Waals surface area (Å²) in [6.45, 7) is 6.19. The van der Waals surface area contributed by atoms with Crippen LogP contribution in [0.2, 0.25) is 0 Å². The number of anilines is 1. The molecule has 1 heterocycles. The fourth-order valence-electron chi connectivity index (χ4n) is 3.12. The summed E-state index contributed by atoms with van der Waals surface area (Å²) >= 11 is 1.39. The molecule has 140 valence electrons. The highest BCUT2D eigenvalue weighted by Gasteiger charge is 2.40. The van der Waals surface area contributed by atoms with Gasteiger partial charge < -0.3 is 4.74 Å². The van der Waals surface area contributed by atoms with Crippen LogP contribution in [0.1, 0.15) is 37.8 Å². The van der Waals surface area contributed by atoms with Crippen molar-refractivity contribution in [3.8, 4) is 5.75 Å². The number of ether oxygens (including phenoxy) is 1. The molecular formula is C22H23NO3S. The van der Waals surface area contributed by atoms with Crippen molar-refractivity contribution >= 4 is 34.8 Å². The van der Waals surface area contributed by atoms with Crippen molar-refractivity contribution < 1.29 is 14.3 Å². The number of nitrogens with zero attached hydrogens (tertiary/aromatic N) is 1. The van der Waals surface area contributed by atoms with Crippen LogP contribution in [-0.4, -0.2) is 24.7 Å². The molecule has 0 spiro atoms. The first-order valence-corrected chi connectivity index (χ1v) is 9.97. The van der Waals surface area contributed by atoms with Gasteiger partial charge in [0.1, 0.15) is 5.75 Å². The van der Waals surface area contributed by atoms with Gasteiger partial charge in [-0.05, 0) is 35.4 Å². The highest BCUT2D eigenvalue weighted by atomic mass is 32.2. The van der Waals surface area contributed by atoms with E-state index in [1.807, 2.05) is 49.4 Å². The molecule has 2 aromatic rings. The molecule has 0 radical (unpaired) electrons. The Balaban J connectivity index is 2.07. The van der Waals surface area contributed by atoms with Crippen molar-refractivity contribution in [1.29, 1.82) is 0 Å². The molecule has 0 aromatic heterocycles. The van der Waals surface area contributed by atoms with E-state index < -0.39 is 0 Å². The van der Waals surface area contributed by atoms with Gasteiger partial charge in [0, 0.05) is 5.56 Å². The summed E-state index contributed by atoms with van der Waals surface area (Å²) in [5.74, 6) is 1.09. The van der Waals surface area contributed by atoms with Gasteiger partial charge in [-0.25, -0.2) is 4.90 Å². The average molecular weight is 381 g/mol. The molecule has 1 aliphatic rings. The molecule has 0 bridgehead atoms. The van der Waals surface area contributed by atoms with Crippen molar-refractivity contribution in [3.63, 3.8) is 0 Å². The maximum absolute atomic E-state index is 13.3. The Bertz CT molecular complexity index is 900. The summed E-state index contributed by atoms with van der Waals surface area (Å²) in [6.07, 6.45) is 0. The van der Waals surface area contributed by atoms with Crippen LogP contribution in [0.15, 0.2) is 53.4 Å². The molecule has 0 fully saturated rings.